The second-order valence-electron chi connectivity index (χ2n) is 7.49. The molecule has 0 aromatic heterocycles. The van der Waals surface area contributed by atoms with Gasteiger partial charge in [-0.2, -0.15) is 0 Å². The topological polar surface area (TPSA) is 55.7 Å². The van der Waals surface area contributed by atoms with E-state index in [0.29, 0.717) is 12.0 Å². The molecule has 168 valence electrons. The highest BCUT2D eigenvalue weighted by atomic mass is 32.2. The van der Waals surface area contributed by atoms with E-state index in [1.54, 1.807) is 23.9 Å². The van der Waals surface area contributed by atoms with Crippen molar-refractivity contribution in [3.63, 3.8) is 0 Å². The molecule has 5 heteroatoms. The molecule has 0 fully saturated rings. The standard InChI is InChI=1S/C28H27NO3S/c1-3-4-10-27(29-32-21(2)30)28(31)24-15-19-26(20-16-24)33-25-17-13-23(14-18-25)12-11-22-8-6-5-7-9-22/h5-9,11-20H,3-4,10H2,1-2H3. The van der Waals surface area contributed by atoms with Gasteiger partial charge in [0.2, 0.25) is 5.78 Å². The maximum atomic E-state index is 12.8. The number of nitrogens with zero attached hydrogens (tertiary/aromatic N) is 1. The fourth-order valence-corrected chi connectivity index (χ4v) is 3.86. The summed E-state index contributed by atoms with van der Waals surface area (Å²) in [5.74, 6) is -0.749. The lowest BCUT2D eigenvalue weighted by atomic mass is 10.0. The lowest BCUT2D eigenvalue weighted by Gasteiger charge is -2.06. The zero-order chi connectivity index (χ0) is 23.5. The van der Waals surface area contributed by atoms with Gasteiger partial charge in [-0.3, -0.25) is 4.79 Å². The molecule has 0 amide bonds. The molecule has 3 aromatic carbocycles. The zero-order valence-electron chi connectivity index (χ0n) is 18.9. The van der Waals surface area contributed by atoms with Crippen molar-refractivity contribution in [1.29, 1.82) is 0 Å². The Hall–Kier alpha value is -3.44. The normalized spacial score (nSPS) is 11.5. The average molecular weight is 458 g/mol. The highest BCUT2D eigenvalue weighted by molar-refractivity contribution is 7.99. The third kappa shape index (κ3) is 7.88. The van der Waals surface area contributed by atoms with E-state index in [1.807, 2.05) is 37.3 Å². The van der Waals surface area contributed by atoms with E-state index in [2.05, 4.69) is 53.7 Å². The SMILES string of the molecule is CCCCC(=NOC(C)=O)C(=O)c1ccc(Sc2ccc(C=Cc3ccccc3)cc2)cc1. The minimum Gasteiger partial charge on any atom is -0.318 e. The molecular formula is C28H27NO3S. The summed E-state index contributed by atoms with van der Waals surface area (Å²) < 4.78 is 0. The van der Waals surface area contributed by atoms with Crippen molar-refractivity contribution < 1.29 is 14.4 Å². The number of hydrogen-bond donors (Lipinski definition) is 0. The lowest BCUT2D eigenvalue weighted by Crippen LogP contribution is -2.15. The first-order valence-corrected chi connectivity index (χ1v) is 11.8. The first-order valence-electron chi connectivity index (χ1n) is 11.0. The molecule has 0 aliphatic carbocycles. The summed E-state index contributed by atoms with van der Waals surface area (Å²) >= 11 is 1.63. The van der Waals surface area contributed by atoms with Crippen molar-refractivity contribution in [3.8, 4) is 0 Å². The first kappa shape index (κ1) is 24.2. The molecule has 0 saturated heterocycles. The summed E-state index contributed by atoms with van der Waals surface area (Å²) in [5, 5.41) is 3.78. The Balaban J connectivity index is 1.63. The Kier molecular flexibility index (Phi) is 9.21. The van der Waals surface area contributed by atoms with Crippen molar-refractivity contribution in [2.24, 2.45) is 5.16 Å². The van der Waals surface area contributed by atoms with Crippen LogP contribution in [-0.2, 0) is 9.63 Å². The molecule has 4 nitrogen and oxygen atoms in total. The van der Waals surface area contributed by atoms with Crippen LogP contribution in [-0.4, -0.2) is 17.5 Å². The molecule has 0 aliphatic rings. The van der Waals surface area contributed by atoms with E-state index in [-0.39, 0.29) is 11.5 Å². The number of hydrogen-bond acceptors (Lipinski definition) is 5. The molecular weight excluding hydrogens is 430 g/mol. The molecule has 0 saturated carbocycles. The monoisotopic (exact) mass is 457 g/mol. The van der Waals surface area contributed by atoms with Crippen molar-refractivity contribution in [2.75, 3.05) is 0 Å². The van der Waals surface area contributed by atoms with Crippen LogP contribution in [0.25, 0.3) is 12.2 Å². The van der Waals surface area contributed by atoms with E-state index < -0.39 is 5.97 Å². The minimum absolute atomic E-state index is 0.212. The maximum absolute atomic E-state index is 12.8. The number of carbonyl (C=O) groups is 2. The molecule has 0 aliphatic heterocycles. The fourth-order valence-electron chi connectivity index (χ4n) is 3.04. The molecule has 0 N–H and O–H groups in total. The van der Waals surface area contributed by atoms with Gasteiger partial charge in [-0.05, 0) is 60.4 Å². The van der Waals surface area contributed by atoms with E-state index in [0.717, 1.165) is 28.2 Å². The van der Waals surface area contributed by atoms with E-state index in [9.17, 15) is 9.59 Å². The summed E-state index contributed by atoms with van der Waals surface area (Å²) in [6, 6.07) is 26.0. The Morgan fingerprint density at radius 2 is 1.42 bits per heavy atom. The number of benzene rings is 3. The summed E-state index contributed by atoms with van der Waals surface area (Å²) in [6.07, 6.45) is 6.39. The number of unbranched alkanes of at least 4 members (excludes halogenated alkanes) is 1. The van der Waals surface area contributed by atoms with Crippen LogP contribution in [0.3, 0.4) is 0 Å². The van der Waals surface area contributed by atoms with Crippen LogP contribution in [0.15, 0.2) is 93.8 Å². The van der Waals surface area contributed by atoms with E-state index in [1.165, 1.54) is 12.5 Å². The van der Waals surface area contributed by atoms with Gasteiger partial charge in [0.1, 0.15) is 5.71 Å². The molecule has 0 spiro atoms. The molecule has 33 heavy (non-hydrogen) atoms. The summed E-state index contributed by atoms with van der Waals surface area (Å²) in [5.41, 5.74) is 3.10. The molecule has 3 rings (SSSR count). The average Bonchev–Trinajstić information content (AvgIpc) is 2.84. The molecule has 0 unspecified atom stereocenters. The van der Waals surface area contributed by atoms with Crippen LogP contribution in [0.1, 0.15) is 54.6 Å². The zero-order valence-corrected chi connectivity index (χ0v) is 19.7. The molecule has 0 heterocycles. The van der Waals surface area contributed by atoms with Gasteiger partial charge in [-0.25, -0.2) is 4.79 Å². The molecule has 0 radical (unpaired) electrons. The Labute approximate surface area is 199 Å². The Bertz CT molecular complexity index is 1120. The number of ketones is 1. The Morgan fingerprint density at radius 1 is 0.848 bits per heavy atom. The summed E-state index contributed by atoms with van der Waals surface area (Å²) in [7, 11) is 0. The van der Waals surface area contributed by atoms with Gasteiger partial charge in [0.25, 0.3) is 0 Å². The second-order valence-corrected chi connectivity index (χ2v) is 8.64. The van der Waals surface area contributed by atoms with Gasteiger partial charge in [0.15, 0.2) is 0 Å². The van der Waals surface area contributed by atoms with Crippen molar-refractivity contribution in [3.05, 3.63) is 95.6 Å². The van der Waals surface area contributed by atoms with Gasteiger partial charge in [0.05, 0.1) is 0 Å². The van der Waals surface area contributed by atoms with Crippen molar-refractivity contribution >= 4 is 41.4 Å². The highest BCUT2D eigenvalue weighted by Crippen LogP contribution is 2.28. The fraction of sp³-hybridized carbons (Fsp3) is 0.179. The number of oxime groups is 1. The van der Waals surface area contributed by atoms with Crippen LogP contribution in [0.2, 0.25) is 0 Å². The molecule has 0 bridgehead atoms. The predicted octanol–water partition coefficient (Wildman–Crippen LogP) is 7.30. The minimum atomic E-state index is -0.537. The quantitative estimate of drug-likeness (QED) is 0.105. The van der Waals surface area contributed by atoms with Crippen LogP contribution in [0, 0.1) is 0 Å². The van der Waals surface area contributed by atoms with Gasteiger partial charge < -0.3 is 4.84 Å². The summed E-state index contributed by atoms with van der Waals surface area (Å²) in [6.45, 7) is 3.30. The third-order valence-corrected chi connectivity index (χ3v) is 5.83. The van der Waals surface area contributed by atoms with Crippen LogP contribution < -0.4 is 0 Å². The van der Waals surface area contributed by atoms with Gasteiger partial charge >= 0.3 is 5.97 Å². The Morgan fingerprint density at radius 3 is 2.00 bits per heavy atom. The number of Topliss-reactive ketones (excluding diaryl/α,β-unsaturated/α-hetero) is 1. The second kappa shape index (κ2) is 12.6. The maximum Gasteiger partial charge on any atom is 0.331 e. The molecule has 0 atom stereocenters. The van der Waals surface area contributed by atoms with Crippen LogP contribution in [0.4, 0.5) is 0 Å². The summed E-state index contributed by atoms with van der Waals surface area (Å²) in [4.78, 5) is 30.7. The van der Waals surface area contributed by atoms with Crippen LogP contribution in [0.5, 0.6) is 0 Å². The van der Waals surface area contributed by atoms with Gasteiger partial charge in [-0.15, -0.1) is 0 Å². The van der Waals surface area contributed by atoms with Gasteiger partial charge in [0, 0.05) is 22.3 Å². The van der Waals surface area contributed by atoms with E-state index in [4.69, 9.17) is 4.84 Å². The predicted molar refractivity (Wildman–Crippen MR) is 135 cm³/mol. The smallest absolute Gasteiger partial charge is 0.318 e. The molecule has 3 aromatic rings. The number of carbonyl (C=O) groups excluding carboxylic acids is 2. The lowest BCUT2D eigenvalue weighted by molar-refractivity contribution is -0.140. The largest absolute Gasteiger partial charge is 0.331 e. The highest BCUT2D eigenvalue weighted by Gasteiger charge is 2.15. The number of rotatable bonds is 10. The van der Waals surface area contributed by atoms with E-state index >= 15 is 0 Å². The van der Waals surface area contributed by atoms with Crippen LogP contribution >= 0.6 is 11.8 Å². The third-order valence-electron chi connectivity index (χ3n) is 4.81. The van der Waals surface area contributed by atoms with Crippen molar-refractivity contribution in [1.82, 2.24) is 0 Å². The van der Waals surface area contributed by atoms with Gasteiger partial charge in [-0.1, -0.05) is 84.9 Å². The first-order chi connectivity index (χ1) is 16.0. The van der Waals surface area contributed by atoms with Crippen molar-refractivity contribution in [2.45, 2.75) is 42.9 Å².